The lowest BCUT2D eigenvalue weighted by Gasteiger charge is -2.25. The maximum absolute atomic E-state index is 13.9. The average Bonchev–Trinajstić information content (AvgIpc) is 4.48. The number of nitrogens with two attached hydrogens (primary N) is 2. The van der Waals surface area contributed by atoms with Crippen LogP contribution in [0.4, 0.5) is 11.9 Å². The molecule has 1 aliphatic rings. The van der Waals surface area contributed by atoms with Crippen LogP contribution in [0.3, 0.4) is 0 Å². The number of benzene rings is 3. The number of rotatable bonds is 24. The predicted molar refractivity (Wildman–Crippen MR) is 307 cm³/mol. The molecule has 7 amide bonds. The van der Waals surface area contributed by atoms with Gasteiger partial charge >= 0.3 is 0 Å². The summed E-state index contributed by atoms with van der Waals surface area (Å²) in [5, 5.41) is 17.4. The molecule has 7 N–H and O–H groups in total. The predicted octanol–water partition coefficient (Wildman–Crippen LogP) is 4.27. The molecule has 0 saturated heterocycles. The fraction of sp³-hybridized carbons (Fsp3) is 0.333. The van der Waals surface area contributed by atoms with Crippen molar-refractivity contribution in [3.05, 3.63) is 131 Å². The van der Waals surface area contributed by atoms with Crippen molar-refractivity contribution >= 4 is 82.1 Å². The molecular weight excluding hydrogens is 1050 g/mol. The quantitative estimate of drug-likeness (QED) is 0.0244. The molecule has 7 aromatic rings. The number of aromatic nitrogens is 8. The van der Waals surface area contributed by atoms with Gasteiger partial charge in [-0.1, -0.05) is 42.5 Å². The van der Waals surface area contributed by atoms with Crippen LogP contribution in [-0.2, 0) is 56.6 Å². The lowest BCUT2D eigenvalue weighted by molar-refractivity contribution is -0.138. The first-order valence-corrected chi connectivity index (χ1v) is 26.4. The SMILES string of the molecule is CCn1nc(C)cc1C(=O)Nc1nc2cc(C(N)=O)cc(OC)c2n1C/C=C/Cn1c(NC)nc2cc(C)cc(OCCCN(C)C(=O)C(Cc3ccccc3)NC(=O)CCN3C(=O)C=CC3=O)c21.CCn1nc(C)cc1C=O.NC=O. The first-order chi connectivity index (χ1) is 39.4. The third-order valence-electron chi connectivity index (χ3n) is 12.9. The molecule has 5 heterocycles. The van der Waals surface area contributed by atoms with Crippen LogP contribution in [0.15, 0.2) is 91.0 Å². The highest BCUT2D eigenvalue weighted by atomic mass is 16.5. The van der Waals surface area contributed by atoms with Crippen molar-refractivity contribution in [1.82, 2.24) is 53.8 Å². The molecule has 1 atom stereocenters. The molecule has 0 fully saturated rings. The van der Waals surface area contributed by atoms with E-state index in [4.69, 9.17) is 30.0 Å². The zero-order valence-corrected chi connectivity index (χ0v) is 47.2. The molecule has 0 radical (unpaired) electrons. The molecule has 4 aromatic heterocycles. The van der Waals surface area contributed by atoms with Gasteiger partial charge in [-0.2, -0.15) is 10.2 Å². The number of likely N-dealkylation sites (N-methyl/N-ethyl adjacent to an activating group) is 1. The number of imide groups is 1. The number of fused-ring (bicyclic) bond motifs is 2. The van der Waals surface area contributed by atoms with Crippen LogP contribution < -0.4 is 36.9 Å². The van der Waals surface area contributed by atoms with Crippen molar-refractivity contribution in [2.24, 2.45) is 11.5 Å². The standard InChI is InChI=1S/C49H56N12O8.C7H10N2O.CH3NO/c1-7-61-37(26-31(3)56-61)46(66)55-49-54-35-28-33(45(50)65)29-38(68-6)43(35)60(49)21-12-11-20-59-44-34(53-48(59)51-4)24-30(2)25-39(44)69-23-13-19-57(5)47(67)36(27-32-14-9-8-10-15-32)52-40(62)18-22-58-41(63)16-17-42(58)64;1-3-9-7(5-10)4-6(2)8-9;2-1-3/h8-12,14-17,24-26,28-29,36H,7,13,18-23,27H2,1-6H3,(H2,50,65)(H,51,53)(H,52,62)(H,54,55,66);4-5H,3H2,1-2H3;1H,(H2,2,3)/b12-11+;;. The van der Waals surface area contributed by atoms with Gasteiger partial charge in [-0.15, -0.1) is 0 Å². The van der Waals surface area contributed by atoms with E-state index < -0.39 is 35.6 Å². The van der Waals surface area contributed by atoms with Crippen molar-refractivity contribution < 1.29 is 47.8 Å². The molecule has 1 unspecified atom stereocenters. The largest absolute Gasteiger partial charge is 0.494 e. The number of carbonyl (C=O) groups is 8. The van der Waals surface area contributed by atoms with Gasteiger partial charge in [-0.25, -0.2) is 9.97 Å². The Hall–Kier alpha value is -9.94. The monoisotopic (exact) mass is 1120 g/mol. The van der Waals surface area contributed by atoms with E-state index in [1.807, 2.05) is 93.8 Å². The molecule has 1 aliphatic heterocycles. The second-order valence-corrected chi connectivity index (χ2v) is 18.8. The van der Waals surface area contributed by atoms with E-state index in [0.29, 0.717) is 77.1 Å². The van der Waals surface area contributed by atoms with Crippen molar-refractivity contribution in [2.75, 3.05) is 51.5 Å². The minimum absolute atomic E-state index is 0.0946. The summed E-state index contributed by atoms with van der Waals surface area (Å²) >= 11 is 0. The van der Waals surface area contributed by atoms with E-state index in [9.17, 15) is 33.6 Å². The Morgan fingerprint density at radius 2 is 1.41 bits per heavy atom. The lowest BCUT2D eigenvalue weighted by Crippen LogP contribution is -2.49. The Bertz CT molecular complexity index is 3500. The summed E-state index contributed by atoms with van der Waals surface area (Å²) in [6.45, 7) is 11.8. The van der Waals surface area contributed by atoms with Gasteiger partial charge in [0.25, 0.3) is 17.7 Å². The second kappa shape index (κ2) is 28.8. The normalized spacial score (nSPS) is 12.2. The number of allylic oxidation sites excluding steroid dienone is 2. The van der Waals surface area contributed by atoms with Crippen LogP contribution >= 0.6 is 0 Å². The molecule has 3 aromatic carbocycles. The number of imidazole rings is 2. The fourth-order valence-corrected chi connectivity index (χ4v) is 9.09. The van der Waals surface area contributed by atoms with Crippen LogP contribution in [0.5, 0.6) is 11.5 Å². The Labute approximate surface area is 473 Å². The Balaban J connectivity index is 0.000000737. The van der Waals surface area contributed by atoms with E-state index in [1.165, 1.54) is 7.11 Å². The Kier molecular flexibility index (Phi) is 21.5. The molecule has 82 heavy (non-hydrogen) atoms. The number of ether oxygens (including phenoxy) is 2. The average molecular weight is 1120 g/mol. The van der Waals surface area contributed by atoms with Gasteiger partial charge in [0, 0.05) is 83.9 Å². The van der Waals surface area contributed by atoms with Crippen molar-refractivity contribution in [2.45, 2.75) is 86.1 Å². The summed E-state index contributed by atoms with van der Waals surface area (Å²) in [6.07, 6.45) is 7.85. The van der Waals surface area contributed by atoms with Gasteiger partial charge in [0.15, 0.2) is 6.29 Å². The van der Waals surface area contributed by atoms with E-state index >= 15 is 0 Å². The Morgan fingerprint density at radius 3 is 2.02 bits per heavy atom. The maximum Gasteiger partial charge on any atom is 0.276 e. The molecule has 0 bridgehead atoms. The van der Waals surface area contributed by atoms with Crippen molar-refractivity contribution in [1.29, 1.82) is 0 Å². The van der Waals surface area contributed by atoms with E-state index in [-0.39, 0.29) is 56.4 Å². The lowest BCUT2D eigenvalue weighted by atomic mass is 10.0. The summed E-state index contributed by atoms with van der Waals surface area (Å²) in [4.78, 5) is 108. The number of anilines is 2. The molecule has 0 aliphatic carbocycles. The first kappa shape index (κ1) is 61.3. The first-order valence-electron chi connectivity index (χ1n) is 26.4. The van der Waals surface area contributed by atoms with Crippen LogP contribution in [0.1, 0.15) is 80.5 Å². The minimum Gasteiger partial charge on any atom is -0.494 e. The fourth-order valence-electron chi connectivity index (χ4n) is 9.09. The summed E-state index contributed by atoms with van der Waals surface area (Å²) < 4.78 is 19.2. The third kappa shape index (κ3) is 15.2. The van der Waals surface area contributed by atoms with Gasteiger partial charge in [-0.3, -0.25) is 57.9 Å². The number of primary amides is 2. The summed E-state index contributed by atoms with van der Waals surface area (Å²) in [5.74, 6) is -0.994. The number of hydrogen-bond donors (Lipinski definition) is 5. The zero-order chi connectivity index (χ0) is 59.6. The van der Waals surface area contributed by atoms with E-state index in [2.05, 4.69) is 31.9 Å². The Morgan fingerprint density at radius 1 is 0.805 bits per heavy atom. The van der Waals surface area contributed by atoms with E-state index in [0.717, 1.165) is 52.2 Å². The number of methoxy groups -OCH3 is 1. The zero-order valence-electron chi connectivity index (χ0n) is 47.2. The van der Waals surface area contributed by atoms with Crippen LogP contribution in [0, 0.1) is 20.8 Å². The summed E-state index contributed by atoms with van der Waals surface area (Å²) in [6, 6.07) is 18.9. The smallest absolute Gasteiger partial charge is 0.276 e. The summed E-state index contributed by atoms with van der Waals surface area (Å²) in [7, 11) is 4.94. The molecule has 8 rings (SSSR count). The molecule has 432 valence electrons. The van der Waals surface area contributed by atoms with Gasteiger partial charge in [0.1, 0.15) is 40.0 Å². The molecular formula is C57H69N15O10. The third-order valence-corrected chi connectivity index (χ3v) is 12.9. The number of amides is 7. The number of nitrogens with zero attached hydrogens (tertiary/aromatic N) is 10. The highest BCUT2D eigenvalue weighted by Crippen LogP contribution is 2.33. The highest BCUT2D eigenvalue weighted by Gasteiger charge is 2.28. The van der Waals surface area contributed by atoms with E-state index in [1.54, 1.807) is 57.2 Å². The highest BCUT2D eigenvalue weighted by molar-refractivity contribution is 6.13. The molecule has 0 saturated carbocycles. The molecule has 25 heteroatoms. The second-order valence-electron chi connectivity index (χ2n) is 18.8. The number of nitrogens with one attached hydrogen (secondary N) is 3. The van der Waals surface area contributed by atoms with Crippen LogP contribution in [0.2, 0.25) is 0 Å². The van der Waals surface area contributed by atoms with Crippen LogP contribution in [0.25, 0.3) is 22.1 Å². The number of aryl methyl sites for hydroxylation is 5. The minimum atomic E-state index is -0.886. The van der Waals surface area contributed by atoms with Crippen LogP contribution in [-0.4, -0.2) is 144 Å². The van der Waals surface area contributed by atoms with Gasteiger partial charge in [-0.05, 0) is 88.6 Å². The van der Waals surface area contributed by atoms with Gasteiger partial charge in [0.05, 0.1) is 36.1 Å². The van der Waals surface area contributed by atoms with Gasteiger partial charge < -0.3 is 45.6 Å². The van der Waals surface area contributed by atoms with Crippen molar-refractivity contribution in [3.8, 4) is 11.5 Å². The topological polar surface area (TPSA) is 321 Å². The molecule has 25 nitrogen and oxygen atoms in total. The summed E-state index contributed by atoms with van der Waals surface area (Å²) in [5.41, 5.74) is 16.8. The maximum atomic E-state index is 13.9. The van der Waals surface area contributed by atoms with Crippen molar-refractivity contribution in [3.63, 3.8) is 0 Å². The number of aldehydes is 1. The van der Waals surface area contributed by atoms with Gasteiger partial charge in [0.2, 0.25) is 36.0 Å². The molecule has 0 spiro atoms. The number of hydrogen-bond acceptors (Lipinski definition) is 15. The number of carbonyl (C=O) groups excluding carboxylic acids is 8.